The number of carboxylic acid groups (broad SMARTS) is 1. The van der Waals surface area contributed by atoms with Gasteiger partial charge in [-0.15, -0.1) is 0 Å². The zero-order chi connectivity index (χ0) is 31.5. The van der Waals surface area contributed by atoms with Gasteiger partial charge in [-0.1, -0.05) is 81.1 Å². The van der Waals surface area contributed by atoms with E-state index in [1.807, 2.05) is 48.5 Å². The van der Waals surface area contributed by atoms with Crippen LogP contribution in [-0.4, -0.2) is 48.1 Å². The number of carbonyl (C=O) groups is 2. The van der Waals surface area contributed by atoms with Crippen molar-refractivity contribution in [1.29, 1.82) is 0 Å². The molecular formula is C35H38N2O6S. The lowest BCUT2D eigenvalue weighted by Crippen LogP contribution is -2.20. The fraction of sp³-hybridized carbons (Fsp3) is 0.314. The smallest absolute Gasteiger partial charge is 0.307 e. The highest BCUT2D eigenvalue weighted by Crippen LogP contribution is 2.24. The second kappa shape index (κ2) is 15.4. The van der Waals surface area contributed by atoms with Crippen LogP contribution in [0, 0.1) is 5.92 Å². The van der Waals surface area contributed by atoms with Gasteiger partial charge in [0, 0.05) is 41.8 Å². The molecule has 230 valence electrons. The van der Waals surface area contributed by atoms with Gasteiger partial charge in [-0.05, 0) is 48.2 Å². The third-order valence-corrected chi connectivity index (χ3v) is 8.56. The van der Waals surface area contributed by atoms with E-state index in [4.69, 9.17) is 4.74 Å². The van der Waals surface area contributed by atoms with E-state index in [0.29, 0.717) is 5.82 Å². The van der Waals surface area contributed by atoms with Crippen molar-refractivity contribution in [1.82, 2.24) is 9.97 Å². The average molecular weight is 615 g/mol. The molecule has 0 amide bonds. The van der Waals surface area contributed by atoms with E-state index in [0.717, 1.165) is 47.3 Å². The van der Waals surface area contributed by atoms with Crippen LogP contribution in [0.4, 0.5) is 0 Å². The Hall–Kier alpha value is -4.37. The van der Waals surface area contributed by atoms with Gasteiger partial charge in [-0.2, -0.15) is 0 Å². The SMILES string of the molecule is CCCCCCCOc1ccc(-c2cnc(-c3ccc(C[C@H](CC(=O)c4ccc(S(C)(=O)=O)cc4)C(=O)O)cc3)nc2)cc1. The van der Waals surface area contributed by atoms with Crippen LogP contribution in [0.25, 0.3) is 22.5 Å². The highest BCUT2D eigenvalue weighted by Gasteiger charge is 2.23. The Morgan fingerprint density at radius 2 is 1.41 bits per heavy atom. The second-order valence-electron chi connectivity index (χ2n) is 10.9. The molecule has 1 atom stereocenters. The number of aliphatic carboxylic acids is 1. The van der Waals surface area contributed by atoms with Crippen LogP contribution < -0.4 is 4.74 Å². The normalized spacial score (nSPS) is 12.0. The lowest BCUT2D eigenvalue weighted by Gasteiger charge is -2.12. The van der Waals surface area contributed by atoms with Crippen molar-refractivity contribution in [2.24, 2.45) is 5.92 Å². The molecule has 0 unspecified atom stereocenters. The van der Waals surface area contributed by atoms with E-state index in [2.05, 4.69) is 16.9 Å². The number of benzene rings is 3. The van der Waals surface area contributed by atoms with Crippen molar-refractivity contribution in [2.75, 3.05) is 12.9 Å². The van der Waals surface area contributed by atoms with Crippen LogP contribution in [0.3, 0.4) is 0 Å². The van der Waals surface area contributed by atoms with Gasteiger partial charge in [-0.3, -0.25) is 9.59 Å². The Labute approximate surface area is 259 Å². The van der Waals surface area contributed by atoms with Crippen molar-refractivity contribution >= 4 is 21.6 Å². The molecule has 0 aliphatic carbocycles. The van der Waals surface area contributed by atoms with Gasteiger partial charge in [0.2, 0.25) is 0 Å². The minimum Gasteiger partial charge on any atom is -0.494 e. The summed E-state index contributed by atoms with van der Waals surface area (Å²) in [5.41, 5.74) is 3.70. The fourth-order valence-electron chi connectivity index (χ4n) is 4.82. The largest absolute Gasteiger partial charge is 0.494 e. The first kappa shape index (κ1) is 32.5. The topological polar surface area (TPSA) is 124 Å². The van der Waals surface area contributed by atoms with Crippen LogP contribution in [0.5, 0.6) is 5.75 Å². The van der Waals surface area contributed by atoms with Crippen LogP contribution in [0.1, 0.15) is 61.4 Å². The number of hydrogen-bond donors (Lipinski definition) is 1. The maximum atomic E-state index is 12.7. The lowest BCUT2D eigenvalue weighted by molar-refractivity contribution is -0.141. The summed E-state index contributed by atoms with van der Waals surface area (Å²) in [4.78, 5) is 33.8. The zero-order valence-electron chi connectivity index (χ0n) is 25.1. The van der Waals surface area contributed by atoms with Gasteiger partial charge in [0.25, 0.3) is 0 Å². The number of sulfone groups is 1. The molecule has 9 heteroatoms. The van der Waals surface area contributed by atoms with Gasteiger partial charge in [-0.25, -0.2) is 18.4 Å². The first-order valence-corrected chi connectivity index (χ1v) is 16.7. The van der Waals surface area contributed by atoms with Crippen molar-refractivity contribution < 1.29 is 27.9 Å². The van der Waals surface area contributed by atoms with Gasteiger partial charge < -0.3 is 9.84 Å². The van der Waals surface area contributed by atoms with E-state index >= 15 is 0 Å². The van der Waals surface area contributed by atoms with Crippen LogP contribution >= 0.6 is 0 Å². The average Bonchev–Trinajstić information content (AvgIpc) is 3.03. The van der Waals surface area contributed by atoms with Gasteiger partial charge in [0.1, 0.15) is 5.75 Å². The number of carbonyl (C=O) groups excluding carboxylic acids is 1. The molecule has 8 nitrogen and oxygen atoms in total. The number of ketones is 1. The summed E-state index contributed by atoms with van der Waals surface area (Å²) >= 11 is 0. The molecule has 4 aromatic rings. The number of ether oxygens (including phenoxy) is 1. The van der Waals surface area contributed by atoms with E-state index in [1.54, 1.807) is 12.4 Å². The molecule has 0 saturated heterocycles. The van der Waals surface area contributed by atoms with E-state index in [-0.39, 0.29) is 29.1 Å². The molecule has 1 aromatic heterocycles. The van der Waals surface area contributed by atoms with E-state index < -0.39 is 21.7 Å². The monoisotopic (exact) mass is 614 g/mol. The molecule has 4 rings (SSSR count). The predicted octanol–water partition coefficient (Wildman–Crippen LogP) is 7.08. The van der Waals surface area contributed by atoms with Crippen LogP contribution in [0.2, 0.25) is 0 Å². The quantitative estimate of drug-likeness (QED) is 0.105. The van der Waals surface area contributed by atoms with Crippen molar-refractivity contribution in [3.8, 4) is 28.3 Å². The number of Topliss-reactive ketones (excluding diaryl/α,β-unsaturated/α-hetero) is 1. The molecule has 0 saturated carbocycles. The second-order valence-corrected chi connectivity index (χ2v) is 13.0. The first-order chi connectivity index (χ1) is 21.1. The van der Waals surface area contributed by atoms with Crippen LogP contribution in [0.15, 0.2) is 90.1 Å². The standard InChI is InChI=1S/C35H38N2O6S/c1-3-4-5-6-7-20-43-31-16-12-26(13-17-31)30-23-36-34(37-24-30)28-10-8-25(9-11-28)21-29(35(39)40)22-33(38)27-14-18-32(19-15-27)44(2,41)42/h8-19,23-24,29H,3-7,20-22H2,1-2H3,(H,39,40)/t29-/m1/s1. The Morgan fingerprint density at radius 1 is 0.795 bits per heavy atom. The Balaban J connectivity index is 1.33. The molecule has 44 heavy (non-hydrogen) atoms. The van der Waals surface area contributed by atoms with Crippen molar-refractivity contribution in [3.05, 3.63) is 96.3 Å². The number of carboxylic acids is 1. The number of aromatic nitrogens is 2. The molecule has 0 fully saturated rings. The first-order valence-electron chi connectivity index (χ1n) is 14.8. The van der Waals surface area contributed by atoms with Crippen LogP contribution in [-0.2, 0) is 21.1 Å². The molecule has 0 spiro atoms. The zero-order valence-corrected chi connectivity index (χ0v) is 25.9. The summed E-state index contributed by atoms with van der Waals surface area (Å²) in [6, 6.07) is 20.8. The van der Waals surface area contributed by atoms with Crippen molar-refractivity contribution in [3.63, 3.8) is 0 Å². The summed E-state index contributed by atoms with van der Waals surface area (Å²) in [5, 5.41) is 9.76. The summed E-state index contributed by atoms with van der Waals surface area (Å²) in [5.74, 6) is -0.967. The van der Waals surface area contributed by atoms with Crippen molar-refractivity contribution in [2.45, 2.75) is 56.8 Å². The number of hydrogen-bond acceptors (Lipinski definition) is 7. The minimum absolute atomic E-state index is 0.102. The Bertz CT molecular complexity index is 1630. The molecule has 3 aromatic carbocycles. The minimum atomic E-state index is -3.39. The highest BCUT2D eigenvalue weighted by atomic mass is 32.2. The van der Waals surface area contributed by atoms with E-state index in [1.165, 1.54) is 49.9 Å². The third-order valence-electron chi connectivity index (χ3n) is 7.44. The van der Waals surface area contributed by atoms with Gasteiger partial charge in [0.15, 0.2) is 21.4 Å². The lowest BCUT2D eigenvalue weighted by atomic mass is 9.92. The maximum Gasteiger partial charge on any atom is 0.307 e. The Morgan fingerprint density at radius 3 is 2.00 bits per heavy atom. The summed E-state index contributed by atoms with van der Waals surface area (Å²) in [6.07, 6.45) is 10.6. The highest BCUT2D eigenvalue weighted by molar-refractivity contribution is 7.90. The van der Waals surface area contributed by atoms with Gasteiger partial charge in [0.05, 0.1) is 17.4 Å². The number of nitrogens with zero attached hydrogens (tertiary/aromatic N) is 2. The molecule has 0 bridgehead atoms. The predicted molar refractivity (Wildman–Crippen MR) is 170 cm³/mol. The third kappa shape index (κ3) is 9.31. The number of rotatable bonds is 16. The maximum absolute atomic E-state index is 12.7. The molecule has 0 aliphatic heterocycles. The fourth-order valence-corrected chi connectivity index (χ4v) is 5.45. The molecular weight excluding hydrogens is 576 g/mol. The van der Waals surface area contributed by atoms with Gasteiger partial charge >= 0.3 is 5.97 Å². The van der Waals surface area contributed by atoms with E-state index in [9.17, 15) is 23.1 Å². The molecule has 1 heterocycles. The molecule has 1 N–H and O–H groups in total. The Kier molecular flexibility index (Phi) is 11.4. The molecule has 0 radical (unpaired) electrons. The summed E-state index contributed by atoms with van der Waals surface area (Å²) < 4.78 is 29.2. The molecule has 0 aliphatic rings. The number of unbranched alkanes of at least 4 members (excludes halogenated alkanes) is 4. The summed E-state index contributed by atoms with van der Waals surface area (Å²) in [7, 11) is -3.39. The summed E-state index contributed by atoms with van der Waals surface area (Å²) in [6.45, 7) is 2.93.